The van der Waals surface area contributed by atoms with Crippen LogP contribution in [0.1, 0.15) is 45.8 Å². The molecule has 0 N–H and O–H groups in total. The number of piperidine rings is 1. The van der Waals surface area contributed by atoms with Crippen molar-refractivity contribution >= 4 is 11.8 Å². The molecule has 1 aromatic carbocycles. The molecule has 30 heavy (non-hydrogen) atoms. The van der Waals surface area contributed by atoms with Gasteiger partial charge in [0.05, 0.1) is 5.69 Å². The summed E-state index contributed by atoms with van der Waals surface area (Å²) >= 11 is 0. The van der Waals surface area contributed by atoms with Crippen LogP contribution >= 0.6 is 0 Å². The third-order valence-electron chi connectivity index (χ3n) is 6.40. The van der Waals surface area contributed by atoms with E-state index < -0.39 is 0 Å². The largest absolute Gasteiger partial charge is 0.361 e. The van der Waals surface area contributed by atoms with Gasteiger partial charge < -0.3 is 14.3 Å². The molecule has 0 atom stereocenters. The fraction of sp³-hybridized carbons (Fsp3) is 0.522. The first-order chi connectivity index (χ1) is 14.4. The summed E-state index contributed by atoms with van der Waals surface area (Å²) in [6, 6.07) is 7.80. The van der Waals surface area contributed by atoms with Crippen LogP contribution < -0.4 is 0 Å². The molecule has 2 fully saturated rings. The third-order valence-corrected chi connectivity index (χ3v) is 6.40. The molecule has 160 valence electrons. The smallest absolute Gasteiger partial charge is 0.254 e. The van der Waals surface area contributed by atoms with Crippen LogP contribution in [-0.2, 0) is 11.3 Å². The van der Waals surface area contributed by atoms with Gasteiger partial charge in [0, 0.05) is 49.9 Å². The van der Waals surface area contributed by atoms with Crippen LogP contribution in [0, 0.1) is 20.8 Å². The Hall–Kier alpha value is -2.67. The highest BCUT2D eigenvalue weighted by Crippen LogP contribution is 2.23. The molecule has 3 heterocycles. The third kappa shape index (κ3) is 4.26. The van der Waals surface area contributed by atoms with Crippen molar-refractivity contribution in [3.8, 4) is 0 Å². The molecular formula is C23H30N4O3. The van der Waals surface area contributed by atoms with E-state index in [0.29, 0.717) is 18.7 Å². The lowest BCUT2D eigenvalue weighted by Crippen LogP contribution is -2.57. The van der Waals surface area contributed by atoms with Gasteiger partial charge in [-0.25, -0.2) is 0 Å². The number of aromatic nitrogens is 1. The SMILES string of the molecule is Cc1ccc(C(=O)N2CCN(C3CCN(Cc4c(C)noc4C)CC3)C(=O)C2)cc1. The Morgan fingerprint density at radius 1 is 1.07 bits per heavy atom. The Labute approximate surface area is 177 Å². The summed E-state index contributed by atoms with van der Waals surface area (Å²) in [7, 11) is 0. The van der Waals surface area contributed by atoms with Crippen LogP contribution in [0.2, 0.25) is 0 Å². The van der Waals surface area contributed by atoms with Crippen LogP contribution in [0.3, 0.4) is 0 Å². The molecule has 0 spiro atoms. The average Bonchev–Trinajstić information content (AvgIpc) is 3.06. The highest BCUT2D eigenvalue weighted by atomic mass is 16.5. The predicted molar refractivity (Wildman–Crippen MR) is 113 cm³/mol. The van der Waals surface area contributed by atoms with Gasteiger partial charge in [-0.2, -0.15) is 0 Å². The number of rotatable bonds is 4. The number of likely N-dealkylation sites (tertiary alicyclic amines) is 1. The van der Waals surface area contributed by atoms with Gasteiger partial charge >= 0.3 is 0 Å². The second kappa shape index (κ2) is 8.60. The van der Waals surface area contributed by atoms with Crippen molar-refractivity contribution in [3.05, 3.63) is 52.4 Å². The topological polar surface area (TPSA) is 69.9 Å². The van der Waals surface area contributed by atoms with Crippen molar-refractivity contribution in [2.24, 2.45) is 0 Å². The maximum absolute atomic E-state index is 12.8. The molecule has 7 heteroatoms. The van der Waals surface area contributed by atoms with Gasteiger partial charge in [-0.3, -0.25) is 14.5 Å². The van der Waals surface area contributed by atoms with E-state index in [0.717, 1.165) is 49.5 Å². The summed E-state index contributed by atoms with van der Waals surface area (Å²) in [4.78, 5) is 31.6. The Balaban J connectivity index is 1.30. The van der Waals surface area contributed by atoms with Crippen molar-refractivity contribution in [3.63, 3.8) is 0 Å². The van der Waals surface area contributed by atoms with Crippen LogP contribution in [0.4, 0.5) is 0 Å². The Morgan fingerprint density at radius 2 is 1.77 bits per heavy atom. The highest BCUT2D eigenvalue weighted by Gasteiger charge is 2.33. The number of amides is 2. The molecule has 2 amide bonds. The van der Waals surface area contributed by atoms with Gasteiger partial charge in [0.15, 0.2) is 0 Å². The van der Waals surface area contributed by atoms with E-state index >= 15 is 0 Å². The number of carbonyl (C=O) groups excluding carboxylic acids is 2. The number of hydrogen-bond acceptors (Lipinski definition) is 5. The number of benzene rings is 1. The van der Waals surface area contributed by atoms with E-state index in [-0.39, 0.29) is 24.4 Å². The number of hydrogen-bond donors (Lipinski definition) is 0. The van der Waals surface area contributed by atoms with Crippen LogP contribution in [0.15, 0.2) is 28.8 Å². The Morgan fingerprint density at radius 3 is 2.37 bits per heavy atom. The quantitative estimate of drug-likeness (QED) is 0.775. The summed E-state index contributed by atoms with van der Waals surface area (Å²) in [6.07, 6.45) is 1.92. The second-order valence-electron chi connectivity index (χ2n) is 8.49. The van der Waals surface area contributed by atoms with Crippen molar-refractivity contribution in [1.29, 1.82) is 0 Å². The van der Waals surface area contributed by atoms with Crippen molar-refractivity contribution < 1.29 is 14.1 Å². The molecule has 0 aliphatic carbocycles. The van der Waals surface area contributed by atoms with Crippen molar-refractivity contribution in [2.75, 3.05) is 32.7 Å². The minimum absolute atomic E-state index is 0.0581. The van der Waals surface area contributed by atoms with Gasteiger partial charge in [0.25, 0.3) is 5.91 Å². The Kier molecular flexibility index (Phi) is 5.90. The van der Waals surface area contributed by atoms with Crippen molar-refractivity contribution in [1.82, 2.24) is 19.9 Å². The monoisotopic (exact) mass is 410 g/mol. The minimum Gasteiger partial charge on any atom is -0.361 e. The summed E-state index contributed by atoms with van der Waals surface area (Å²) in [5, 5.41) is 4.04. The fourth-order valence-corrected chi connectivity index (χ4v) is 4.46. The maximum Gasteiger partial charge on any atom is 0.254 e. The summed E-state index contributed by atoms with van der Waals surface area (Å²) < 4.78 is 5.27. The maximum atomic E-state index is 12.8. The molecule has 1 aromatic heterocycles. The fourth-order valence-electron chi connectivity index (χ4n) is 4.46. The van der Waals surface area contributed by atoms with Crippen molar-refractivity contribution in [2.45, 2.75) is 46.2 Å². The molecule has 2 aromatic rings. The molecule has 0 saturated carbocycles. The second-order valence-corrected chi connectivity index (χ2v) is 8.49. The Bertz CT molecular complexity index is 894. The van der Waals surface area contributed by atoms with Gasteiger partial charge in [0.1, 0.15) is 12.3 Å². The van der Waals surface area contributed by atoms with Crippen LogP contribution in [0.5, 0.6) is 0 Å². The van der Waals surface area contributed by atoms with Gasteiger partial charge in [0.2, 0.25) is 5.91 Å². The summed E-state index contributed by atoms with van der Waals surface area (Å²) in [6.45, 7) is 10.1. The number of nitrogens with zero attached hydrogens (tertiary/aromatic N) is 4. The van der Waals surface area contributed by atoms with E-state index in [2.05, 4.69) is 10.1 Å². The molecular weight excluding hydrogens is 380 g/mol. The molecule has 0 radical (unpaired) electrons. The normalized spacial score (nSPS) is 18.8. The zero-order valence-electron chi connectivity index (χ0n) is 18.1. The molecule has 0 bridgehead atoms. The van der Waals surface area contributed by atoms with Crippen LogP contribution in [0.25, 0.3) is 0 Å². The number of piperazine rings is 1. The first kappa shape index (κ1) is 20.6. The average molecular weight is 411 g/mol. The first-order valence-corrected chi connectivity index (χ1v) is 10.7. The molecule has 7 nitrogen and oxygen atoms in total. The zero-order chi connectivity index (χ0) is 21.3. The van der Waals surface area contributed by atoms with Gasteiger partial charge in [-0.1, -0.05) is 22.9 Å². The lowest BCUT2D eigenvalue weighted by atomic mass is 10.0. The van der Waals surface area contributed by atoms with E-state index in [1.54, 1.807) is 4.90 Å². The summed E-state index contributed by atoms with van der Waals surface area (Å²) in [5.41, 5.74) is 3.90. The van der Waals surface area contributed by atoms with Crippen LogP contribution in [-0.4, -0.2) is 70.4 Å². The van der Waals surface area contributed by atoms with Gasteiger partial charge in [-0.05, 0) is 45.7 Å². The molecule has 4 rings (SSSR count). The minimum atomic E-state index is -0.0581. The van der Waals surface area contributed by atoms with E-state index in [1.165, 1.54) is 5.56 Å². The standard InChI is InChI=1S/C23H30N4O3/c1-16-4-6-19(7-5-16)23(29)26-12-13-27(22(28)15-26)20-8-10-25(11-9-20)14-21-17(2)24-30-18(21)3/h4-7,20H,8-15H2,1-3H3. The molecule has 2 saturated heterocycles. The molecule has 2 aliphatic heterocycles. The lowest BCUT2D eigenvalue weighted by molar-refractivity contribution is -0.138. The predicted octanol–water partition coefficient (Wildman–Crippen LogP) is 2.55. The highest BCUT2D eigenvalue weighted by molar-refractivity contribution is 5.97. The molecule has 0 unspecified atom stereocenters. The van der Waals surface area contributed by atoms with E-state index in [9.17, 15) is 9.59 Å². The zero-order valence-corrected chi connectivity index (χ0v) is 18.1. The number of carbonyl (C=O) groups is 2. The van der Waals surface area contributed by atoms with E-state index in [1.807, 2.05) is 49.9 Å². The first-order valence-electron chi connectivity index (χ1n) is 10.7. The number of aryl methyl sites for hydroxylation is 3. The lowest BCUT2D eigenvalue weighted by Gasteiger charge is -2.42. The van der Waals surface area contributed by atoms with Gasteiger partial charge in [-0.15, -0.1) is 0 Å². The molecule has 2 aliphatic rings. The van der Waals surface area contributed by atoms with E-state index in [4.69, 9.17) is 4.52 Å². The summed E-state index contributed by atoms with van der Waals surface area (Å²) in [5.74, 6) is 0.891.